The number of H-pyrrole nitrogens is 1. The van der Waals surface area contributed by atoms with Gasteiger partial charge in [0.2, 0.25) is 70.9 Å². The fourth-order valence-electron chi connectivity index (χ4n) is 12.4. The van der Waals surface area contributed by atoms with Gasteiger partial charge in [-0.05, 0) is 107 Å². The molecule has 2 saturated heterocycles. The van der Waals surface area contributed by atoms with Crippen molar-refractivity contribution < 1.29 is 77.6 Å². The SMILES string of the molecule is CC(C)C[C@@H](C(=O)N[C@@H](Cc1ccc(O)cc1)C(=O)N1CCC[C@H]1C(=O)N[C@@H](CS)C(=O)O)N(C)C(=O)CN1CCCC[C@@H](NC(=O)[C@H](Cc2ccccc2)NC(=O)[C@H](Cc2cnc[nH]2)NC(=O)CNC(=O)[C@@H](NC(=O)[C@H](NC(=O)[C@H](Cc2ccccc2)NC(=O)[C@@H](N)CCCN=C(N)N)C(C)(C)S)[C@@H](C)O)C1=O. The number of imidazole rings is 1. The number of aliphatic imine (C=N–C) groups is 1. The molecule has 3 aromatic carbocycles. The van der Waals surface area contributed by atoms with Crippen LogP contribution in [0.3, 0.4) is 0 Å². The number of hydrogen-bond donors (Lipinski definition) is 18. The average Bonchev–Trinajstić information content (AvgIpc) is 1.79. The highest BCUT2D eigenvalue weighted by Gasteiger charge is 2.43. The second kappa shape index (κ2) is 42.4. The number of likely N-dealkylation sites (N-methyl/N-ethyl adjacent to an activating group) is 1. The smallest absolute Gasteiger partial charge is 0.327 e. The first-order valence-electron chi connectivity index (χ1n) is 36.1. The minimum Gasteiger partial charge on any atom is -0.508 e. The number of aromatic nitrogens is 2. The zero-order valence-electron chi connectivity index (χ0n) is 62.0. The Kier molecular flexibility index (Phi) is 34.1. The van der Waals surface area contributed by atoms with Crippen LogP contribution in [0.4, 0.5) is 0 Å². The average molecular weight is 1550 g/mol. The van der Waals surface area contributed by atoms with Crippen LogP contribution in [0.2, 0.25) is 0 Å². The van der Waals surface area contributed by atoms with Crippen molar-refractivity contribution in [3.05, 3.63) is 120 Å². The summed E-state index contributed by atoms with van der Waals surface area (Å²) < 4.78 is -1.36. The second-order valence-corrected chi connectivity index (χ2v) is 29.7. The van der Waals surface area contributed by atoms with Gasteiger partial charge in [-0.25, -0.2) is 9.78 Å². The van der Waals surface area contributed by atoms with E-state index in [1.54, 1.807) is 72.8 Å². The Labute approximate surface area is 643 Å². The number of aliphatic hydroxyl groups is 1. The Hall–Kier alpha value is -10.3. The Balaban J connectivity index is 1.13. The molecule has 19 N–H and O–H groups in total. The largest absolute Gasteiger partial charge is 0.508 e. The summed E-state index contributed by atoms with van der Waals surface area (Å²) in [6.07, 6.45) is 2.72. The molecule has 6 rings (SSSR count). The van der Waals surface area contributed by atoms with E-state index in [-0.39, 0.29) is 94.4 Å². The molecule has 0 spiro atoms. The summed E-state index contributed by atoms with van der Waals surface area (Å²) in [7, 11) is 1.39. The van der Waals surface area contributed by atoms with E-state index in [2.05, 4.69) is 88.1 Å². The number of nitrogens with one attached hydrogen (secondary N) is 10. The molecule has 0 radical (unpaired) electrons. The lowest BCUT2D eigenvalue weighted by Crippen LogP contribution is -2.63. The fourth-order valence-corrected chi connectivity index (χ4v) is 12.8. The van der Waals surface area contributed by atoms with Crippen molar-refractivity contribution in [1.29, 1.82) is 0 Å². The number of nitrogens with two attached hydrogens (primary N) is 3. The summed E-state index contributed by atoms with van der Waals surface area (Å²) in [6, 6.07) is 8.47. The molecule has 0 aliphatic carbocycles. The molecule has 36 heteroatoms. The quantitative estimate of drug-likeness (QED) is 0.00967. The van der Waals surface area contributed by atoms with Gasteiger partial charge in [-0.3, -0.25) is 62.5 Å². The summed E-state index contributed by atoms with van der Waals surface area (Å²) in [5, 5.41) is 54.1. The van der Waals surface area contributed by atoms with Gasteiger partial charge in [0.1, 0.15) is 66.2 Å². The maximum atomic E-state index is 14.7. The number of aromatic hydroxyl groups is 1. The van der Waals surface area contributed by atoms with Gasteiger partial charge in [-0.15, -0.1) is 0 Å². The number of likely N-dealkylation sites (tertiary alicyclic amines) is 2. The van der Waals surface area contributed by atoms with Crippen LogP contribution in [0.5, 0.6) is 5.75 Å². The number of rotatable bonds is 40. The van der Waals surface area contributed by atoms with Gasteiger partial charge in [0.25, 0.3) is 0 Å². The predicted octanol–water partition coefficient (Wildman–Crippen LogP) is -2.26. The molecule has 2 fully saturated rings. The highest BCUT2D eigenvalue weighted by molar-refractivity contribution is 7.81. The van der Waals surface area contributed by atoms with Crippen molar-refractivity contribution in [1.82, 2.24) is 72.5 Å². The van der Waals surface area contributed by atoms with Crippen molar-refractivity contribution >= 4 is 108 Å². The van der Waals surface area contributed by atoms with Crippen molar-refractivity contribution in [2.45, 2.75) is 189 Å². The summed E-state index contributed by atoms with van der Waals surface area (Å²) in [5.74, 6) is -11.5. The number of carbonyl (C=O) groups excluding carboxylic acids is 12. The number of hydrogen-bond acceptors (Lipinski definition) is 20. The molecule has 109 heavy (non-hydrogen) atoms. The highest BCUT2D eigenvalue weighted by Crippen LogP contribution is 2.24. The van der Waals surface area contributed by atoms with Crippen LogP contribution in [0.1, 0.15) is 108 Å². The lowest BCUT2D eigenvalue weighted by molar-refractivity contribution is -0.146. The third-order valence-corrected chi connectivity index (χ3v) is 19.0. The zero-order valence-corrected chi connectivity index (χ0v) is 63.8. The number of carboxylic acid groups (broad SMARTS) is 1. The Bertz CT molecular complexity index is 3790. The van der Waals surface area contributed by atoms with E-state index in [9.17, 15) is 77.6 Å². The number of phenolic OH excluding ortho intramolecular Hbond substituents is 1. The van der Waals surface area contributed by atoms with Gasteiger partial charge < -0.3 is 100 Å². The molecule has 12 atom stereocenters. The van der Waals surface area contributed by atoms with Crippen LogP contribution in [0.15, 0.2) is 102 Å². The summed E-state index contributed by atoms with van der Waals surface area (Å²) in [6.45, 7) is 6.86. The highest BCUT2D eigenvalue weighted by atomic mass is 32.1. The van der Waals surface area contributed by atoms with Crippen LogP contribution >= 0.6 is 25.3 Å². The maximum Gasteiger partial charge on any atom is 0.327 e. The number of carboxylic acids is 1. The lowest BCUT2D eigenvalue weighted by atomic mass is 9.99. The van der Waals surface area contributed by atoms with E-state index in [0.29, 0.717) is 48.1 Å². The first-order valence-corrected chi connectivity index (χ1v) is 37.1. The van der Waals surface area contributed by atoms with E-state index < -0.39 is 167 Å². The number of aromatic amines is 1. The molecule has 12 amide bonds. The molecule has 0 unspecified atom stereocenters. The molecule has 4 aromatic rings. The maximum absolute atomic E-state index is 14.7. The number of carbonyl (C=O) groups is 13. The Morgan fingerprint density at radius 3 is 1.86 bits per heavy atom. The first-order chi connectivity index (χ1) is 51.6. The van der Waals surface area contributed by atoms with Crippen LogP contribution in [0, 0.1) is 5.92 Å². The first kappa shape index (κ1) is 87.6. The number of thiol groups is 2. The van der Waals surface area contributed by atoms with Crippen LogP contribution < -0.4 is 65.1 Å². The van der Waals surface area contributed by atoms with Crippen molar-refractivity contribution in [3.8, 4) is 5.75 Å². The van der Waals surface area contributed by atoms with E-state index >= 15 is 0 Å². The van der Waals surface area contributed by atoms with E-state index in [1.807, 2.05) is 13.8 Å². The molecule has 1 aromatic heterocycles. The lowest BCUT2D eigenvalue weighted by Gasteiger charge is -2.34. The Morgan fingerprint density at radius 2 is 1.28 bits per heavy atom. The molecular formula is C73H104N18O16S2. The van der Waals surface area contributed by atoms with Crippen molar-refractivity contribution in [3.63, 3.8) is 0 Å². The number of amides is 12. The molecular weight excluding hydrogens is 1450 g/mol. The molecule has 2 aliphatic heterocycles. The van der Waals surface area contributed by atoms with Gasteiger partial charge in [0, 0.05) is 74.8 Å². The molecule has 0 bridgehead atoms. The van der Waals surface area contributed by atoms with E-state index in [4.69, 9.17) is 17.2 Å². The monoisotopic (exact) mass is 1550 g/mol. The number of benzene rings is 3. The molecule has 3 heterocycles. The standard InChI is InChI=1S/C73H104N18O16S2/c1-41(2)31-56(66(101)85-53(34-45-24-26-47(93)27-25-45)70(105)91-30-16-23-55(91)65(100)86-54(39-108)71(106)107)89(6)58(95)38-90-29-14-13-22-49(69(90)104)82-62(97)50(32-43-17-9-7-10-18-43)84-63(98)52(35-46-36-77-40-80-46)81-57(94)37-79-67(102)59(42(3)92)87-68(103)60(73(4,5)109)88-64(99)51(33-44-19-11-8-12-20-44)83-61(96)48(74)21-15-28-78-72(75)76/h7-12,17-20,24-27,36,40-42,48-56,59-60,92-93,108-109H,13-16,21-23,28-35,37-39,74H2,1-6H3,(H,77,80)(H,79,102)(H,81,94)(H,82,97)(H,83,96)(H,84,98)(H,85,101)(H,86,100)(H,87,103)(H,88,99)(H,106,107)(H4,75,76,78)/t42-,48+,49-,50+,51+,52+,53+,54+,55+,56+,59+,60+/m1/s1. The number of nitrogens with zero attached hydrogens (tertiary/aromatic N) is 5. The third kappa shape index (κ3) is 27.7. The second-order valence-electron chi connectivity index (χ2n) is 28.2. The molecule has 2 aliphatic rings. The number of guanidine groups is 1. The topological polar surface area (TPSA) is 520 Å². The summed E-state index contributed by atoms with van der Waals surface area (Å²) in [5.41, 5.74) is 19.1. The van der Waals surface area contributed by atoms with Gasteiger partial charge in [0.15, 0.2) is 5.96 Å². The Morgan fingerprint density at radius 1 is 0.697 bits per heavy atom. The van der Waals surface area contributed by atoms with Gasteiger partial charge in [-0.1, -0.05) is 86.6 Å². The number of aliphatic carboxylic acids is 1. The van der Waals surface area contributed by atoms with Gasteiger partial charge >= 0.3 is 5.97 Å². The van der Waals surface area contributed by atoms with Crippen molar-refractivity contribution in [2.75, 3.05) is 45.5 Å². The molecule has 34 nitrogen and oxygen atoms in total. The van der Waals surface area contributed by atoms with Gasteiger partial charge in [0.05, 0.1) is 31.6 Å². The number of phenols is 1. The predicted molar refractivity (Wildman–Crippen MR) is 408 cm³/mol. The van der Waals surface area contributed by atoms with Crippen LogP contribution in [-0.4, -0.2) is 246 Å². The van der Waals surface area contributed by atoms with Crippen molar-refractivity contribution in [2.24, 2.45) is 28.1 Å². The summed E-state index contributed by atoms with van der Waals surface area (Å²) >= 11 is 8.63. The summed E-state index contributed by atoms with van der Waals surface area (Å²) in [4.78, 5) is 197. The zero-order chi connectivity index (χ0) is 80.2. The molecule has 0 saturated carbocycles. The fraction of sp³-hybridized carbons (Fsp3) is 0.521. The van der Waals surface area contributed by atoms with Crippen LogP contribution in [-0.2, 0) is 88.0 Å². The minimum absolute atomic E-state index is 0.0355. The normalized spacial score (nSPS) is 17.1. The van der Waals surface area contributed by atoms with E-state index in [1.165, 1.54) is 67.2 Å². The minimum atomic E-state index is -1.76. The van der Waals surface area contributed by atoms with Crippen LogP contribution in [0.25, 0.3) is 0 Å². The third-order valence-electron chi connectivity index (χ3n) is 18.4. The molecule has 594 valence electrons. The van der Waals surface area contributed by atoms with Gasteiger partial charge in [-0.2, -0.15) is 25.3 Å². The number of aliphatic hydroxyl groups excluding tert-OH is 1. The van der Waals surface area contributed by atoms with E-state index in [0.717, 1.165) is 0 Å².